The molecular weight excluding hydrogens is 448 g/mol. The Morgan fingerprint density at radius 1 is 1.13 bits per heavy atom. The van der Waals surface area contributed by atoms with Gasteiger partial charge in [0.25, 0.3) is 5.91 Å². The molecule has 0 radical (unpaired) electrons. The van der Waals surface area contributed by atoms with Gasteiger partial charge >= 0.3 is 0 Å². The lowest BCUT2D eigenvalue weighted by molar-refractivity contribution is -0.142. The summed E-state index contributed by atoms with van der Waals surface area (Å²) < 4.78 is 11.8. The minimum Gasteiger partial charge on any atom is -0.497 e. The number of hydrogen-bond acceptors (Lipinski definition) is 4. The van der Waals surface area contributed by atoms with E-state index >= 15 is 0 Å². The number of rotatable bonds is 11. The van der Waals surface area contributed by atoms with E-state index in [0.717, 1.165) is 22.9 Å². The Bertz CT molecular complexity index is 826. The van der Waals surface area contributed by atoms with Gasteiger partial charge in [0.05, 0.1) is 7.11 Å². The number of hydrogen-bond donors (Lipinski definition) is 1. The molecule has 30 heavy (non-hydrogen) atoms. The largest absolute Gasteiger partial charge is 0.497 e. The topological polar surface area (TPSA) is 67.9 Å². The smallest absolute Gasteiger partial charge is 0.261 e. The fourth-order valence-electron chi connectivity index (χ4n) is 2.85. The average molecular weight is 477 g/mol. The van der Waals surface area contributed by atoms with Crippen molar-refractivity contribution in [3.8, 4) is 11.5 Å². The maximum absolute atomic E-state index is 13.0. The predicted molar refractivity (Wildman–Crippen MR) is 121 cm³/mol. The molecule has 0 aliphatic carbocycles. The molecule has 2 amide bonds. The number of nitrogens with one attached hydrogen (secondary N) is 1. The molecule has 0 bridgehead atoms. The predicted octanol–water partition coefficient (Wildman–Crippen LogP) is 4.17. The molecule has 0 aromatic heterocycles. The van der Waals surface area contributed by atoms with Gasteiger partial charge < -0.3 is 19.7 Å². The molecule has 162 valence electrons. The molecule has 1 N–H and O–H groups in total. The number of carbonyl (C=O) groups is 2. The summed E-state index contributed by atoms with van der Waals surface area (Å²) in [6, 6.07) is 14.1. The monoisotopic (exact) mass is 476 g/mol. The second kappa shape index (κ2) is 12.2. The van der Waals surface area contributed by atoms with Crippen LogP contribution in [-0.4, -0.2) is 43.0 Å². The first-order chi connectivity index (χ1) is 14.4. The van der Waals surface area contributed by atoms with Crippen LogP contribution >= 0.6 is 15.9 Å². The summed E-state index contributed by atoms with van der Waals surface area (Å²) in [7, 11) is 1.60. The van der Waals surface area contributed by atoms with E-state index in [2.05, 4.69) is 28.2 Å². The lowest BCUT2D eigenvalue weighted by atomic mass is 10.1. The van der Waals surface area contributed by atoms with Gasteiger partial charge in [0, 0.05) is 17.6 Å². The minimum absolute atomic E-state index is 0.155. The van der Waals surface area contributed by atoms with E-state index in [0.29, 0.717) is 18.0 Å². The van der Waals surface area contributed by atoms with Crippen LogP contribution in [0.2, 0.25) is 0 Å². The summed E-state index contributed by atoms with van der Waals surface area (Å²) in [5, 5.41) is 2.90. The van der Waals surface area contributed by atoms with Crippen LogP contribution in [0.4, 0.5) is 0 Å². The maximum Gasteiger partial charge on any atom is 0.261 e. The molecule has 1 atom stereocenters. The number of amides is 2. The Hall–Kier alpha value is -2.54. The molecule has 2 aromatic rings. The quantitative estimate of drug-likeness (QED) is 0.494. The second-order valence-electron chi connectivity index (χ2n) is 6.94. The number of nitrogens with zero attached hydrogens (tertiary/aromatic N) is 1. The van der Waals surface area contributed by atoms with Gasteiger partial charge in [-0.2, -0.15) is 0 Å². The van der Waals surface area contributed by atoms with Crippen molar-refractivity contribution in [2.45, 2.75) is 39.3 Å². The fraction of sp³-hybridized carbons (Fsp3) is 0.391. The van der Waals surface area contributed by atoms with E-state index in [4.69, 9.17) is 9.47 Å². The average Bonchev–Trinajstić information content (AvgIpc) is 2.76. The molecule has 0 aliphatic rings. The van der Waals surface area contributed by atoms with Gasteiger partial charge in [-0.15, -0.1) is 0 Å². The van der Waals surface area contributed by atoms with Gasteiger partial charge in [-0.3, -0.25) is 9.59 Å². The van der Waals surface area contributed by atoms with Crippen molar-refractivity contribution >= 4 is 27.7 Å². The third-order valence-electron chi connectivity index (χ3n) is 4.66. The maximum atomic E-state index is 13.0. The molecule has 0 spiro atoms. The van der Waals surface area contributed by atoms with Crippen LogP contribution in [0, 0.1) is 0 Å². The van der Waals surface area contributed by atoms with Gasteiger partial charge in [0.15, 0.2) is 6.61 Å². The number of methoxy groups -OCH3 is 1. The van der Waals surface area contributed by atoms with Crippen molar-refractivity contribution in [1.82, 2.24) is 10.2 Å². The van der Waals surface area contributed by atoms with Crippen LogP contribution in [0.3, 0.4) is 0 Å². The van der Waals surface area contributed by atoms with E-state index in [1.807, 2.05) is 36.4 Å². The third kappa shape index (κ3) is 7.37. The van der Waals surface area contributed by atoms with Crippen molar-refractivity contribution in [1.29, 1.82) is 0 Å². The molecule has 2 aromatic carbocycles. The molecule has 0 aliphatic heterocycles. The van der Waals surface area contributed by atoms with Crippen molar-refractivity contribution in [3.05, 3.63) is 58.6 Å². The first-order valence-corrected chi connectivity index (χ1v) is 10.8. The van der Waals surface area contributed by atoms with Crippen LogP contribution in [0.15, 0.2) is 53.0 Å². The zero-order chi connectivity index (χ0) is 21.9. The Kier molecular flexibility index (Phi) is 9.67. The van der Waals surface area contributed by atoms with Crippen LogP contribution < -0.4 is 14.8 Å². The second-order valence-corrected chi connectivity index (χ2v) is 7.85. The lowest BCUT2D eigenvalue weighted by Gasteiger charge is -2.29. The van der Waals surface area contributed by atoms with E-state index in [9.17, 15) is 9.59 Å². The van der Waals surface area contributed by atoms with Gasteiger partial charge in [-0.05, 0) is 55.3 Å². The van der Waals surface area contributed by atoms with Crippen molar-refractivity contribution in [2.75, 3.05) is 20.3 Å². The molecule has 2 rings (SSSR count). The summed E-state index contributed by atoms with van der Waals surface area (Å²) in [5.74, 6) is 0.848. The SMILES string of the molecule is CCCCNC(=O)[C@@H](C)N(Cc1cccc(OC)c1)C(=O)COc1ccc(Br)cc1. The number of ether oxygens (including phenoxy) is 2. The highest BCUT2D eigenvalue weighted by molar-refractivity contribution is 9.10. The van der Waals surface area contributed by atoms with Crippen LogP contribution in [0.1, 0.15) is 32.3 Å². The molecule has 0 fully saturated rings. The first-order valence-electron chi connectivity index (χ1n) is 10.0. The third-order valence-corrected chi connectivity index (χ3v) is 5.19. The first kappa shape index (κ1) is 23.7. The molecule has 0 unspecified atom stereocenters. The number of unbranched alkanes of at least 4 members (excludes halogenated alkanes) is 1. The molecular formula is C23H29BrN2O4. The van der Waals surface area contributed by atoms with Crippen molar-refractivity contribution in [2.24, 2.45) is 0 Å². The van der Waals surface area contributed by atoms with E-state index < -0.39 is 6.04 Å². The fourth-order valence-corrected chi connectivity index (χ4v) is 3.11. The molecule has 0 saturated heterocycles. The summed E-state index contributed by atoms with van der Waals surface area (Å²) in [5.41, 5.74) is 0.875. The highest BCUT2D eigenvalue weighted by atomic mass is 79.9. The zero-order valence-corrected chi connectivity index (χ0v) is 19.3. The Morgan fingerprint density at radius 3 is 2.53 bits per heavy atom. The lowest BCUT2D eigenvalue weighted by Crippen LogP contribution is -2.49. The van der Waals surface area contributed by atoms with Gasteiger partial charge in [-0.1, -0.05) is 41.4 Å². The Labute approximate surface area is 186 Å². The van der Waals surface area contributed by atoms with Crippen LogP contribution in [0.25, 0.3) is 0 Å². The zero-order valence-electron chi connectivity index (χ0n) is 17.7. The standard InChI is InChI=1S/C23H29BrN2O4/c1-4-5-13-25-23(28)17(2)26(15-18-7-6-8-21(14-18)29-3)22(27)16-30-20-11-9-19(24)10-12-20/h6-12,14,17H,4-5,13,15-16H2,1-3H3,(H,25,28)/t17-/m1/s1. The number of benzene rings is 2. The Morgan fingerprint density at radius 2 is 1.87 bits per heavy atom. The molecule has 6 nitrogen and oxygen atoms in total. The highest BCUT2D eigenvalue weighted by Gasteiger charge is 2.26. The number of halogens is 1. The summed E-state index contributed by atoms with van der Waals surface area (Å²) in [6.45, 7) is 4.52. The normalized spacial score (nSPS) is 11.5. The molecule has 0 heterocycles. The van der Waals surface area contributed by atoms with Gasteiger partial charge in [0.2, 0.25) is 5.91 Å². The molecule has 0 saturated carbocycles. The highest BCUT2D eigenvalue weighted by Crippen LogP contribution is 2.18. The van der Waals surface area contributed by atoms with Gasteiger partial charge in [0.1, 0.15) is 17.5 Å². The Balaban J connectivity index is 2.12. The van der Waals surface area contributed by atoms with E-state index in [1.54, 1.807) is 26.2 Å². The summed E-state index contributed by atoms with van der Waals surface area (Å²) in [6.07, 6.45) is 1.89. The van der Waals surface area contributed by atoms with E-state index in [1.165, 1.54) is 4.90 Å². The summed E-state index contributed by atoms with van der Waals surface area (Å²) >= 11 is 3.37. The summed E-state index contributed by atoms with van der Waals surface area (Å²) in [4.78, 5) is 27.1. The minimum atomic E-state index is -0.630. The van der Waals surface area contributed by atoms with Crippen molar-refractivity contribution in [3.63, 3.8) is 0 Å². The van der Waals surface area contributed by atoms with Crippen LogP contribution in [-0.2, 0) is 16.1 Å². The molecule has 7 heteroatoms. The van der Waals surface area contributed by atoms with Crippen molar-refractivity contribution < 1.29 is 19.1 Å². The van der Waals surface area contributed by atoms with Crippen LogP contribution in [0.5, 0.6) is 11.5 Å². The van der Waals surface area contributed by atoms with Gasteiger partial charge in [-0.25, -0.2) is 0 Å². The van der Waals surface area contributed by atoms with E-state index in [-0.39, 0.29) is 25.0 Å². The number of carbonyl (C=O) groups excluding carboxylic acids is 2.